The number of pyridine rings is 1. The number of methoxy groups -OCH3 is 1. The number of rotatable bonds is 9. The zero-order valence-electron chi connectivity index (χ0n) is 19.1. The molecule has 0 saturated carbocycles. The van der Waals surface area contributed by atoms with E-state index in [1.807, 2.05) is 36.4 Å². The van der Waals surface area contributed by atoms with Gasteiger partial charge in [0.05, 0.1) is 31.1 Å². The SMILES string of the molecule is COc1ccc(Cc2n[c]c(CCCOCc3ccccc3)c3c2[nH]c2ccccc23)cc1F. The molecule has 171 valence electrons. The molecule has 0 fully saturated rings. The molecule has 2 aromatic heterocycles. The Morgan fingerprint density at radius 2 is 1.79 bits per heavy atom. The van der Waals surface area contributed by atoms with E-state index < -0.39 is 0 Å². The molecule has 1 radical (unpaired) electrons. The fraction of sp³-hybridized carbons (Fsp3) is 0.207. The Labute approximate surface area is 198 Å². The van der Waals surface area contributed by atoms with Crippen molar-refractivity contribution < 1.29 is 13.9 Å². The third-order valence-corrected chi connectivity index (χ3v) is 6.04. The summed E-state index contributed by atoms with van der Waals surface area (Å²) in [7, 11) is 1.47. The van der Waals surface area contributed by atoms with Crippen molar-refractivity contribution in [2.24, 2.45) is 0 Å². The minimum atomic E-state index is -0.371. The minimum Gasteiger partial charge on any atom is -0.494 e. The van der Waals surface area contributed by atoms with E-state index >= 15 is 0 Å². The van der Waals surface area contributed by atoms with Crippen LogP contribution in [0.4, 0.5) is 4.39 Å². The van der Waals surface area contributed by atoms with Gasteiger partial charge in [-0.05, 0) is 47.7 Å². The molecule has 2 heterocycles. The Hall–Kier alpha value is -3.70. The van der Waals surface area contributed by atoms with Crippen molar-refractivity contribution in [3.63, 3.8) is 0 Å². The number of aryl methyl sites for hydroxylation is 1. The molecule has 3 aromatic carbocycles. The lowest BCUT2D eigenvalue weighted by Gasteiger charge is -2.09. The van der Waals surface area contributed by atoms with Crippen LogP contribution in [-0.2, 0) is 24.2 Å². The van der Waals surface area contributed by atoms with Gasteiger partial charge in [0.1, 0.15) is 0 Å². The summed E-state index contributed by atoms with van der Waals surface area (Å²) < 4.78 is 25.1. The standard InChI is InChI=1S/C29H26FN2O2/c1-33-27-14-13-21(16-24(27)30)17-26-29-28(23-11-5-6-12-25(23)32-29)22(18-31-26)10-7-15-34-19-20-8-3-2-4-9-20/h2-6,8-9,11-14,16,32H,7,10,15,17,19H2,1H3. The van der Waals surface area contributed by atoms with Crippen molar-refractivity contribution in [3.05, 3.63) is 107 Å². The van der Waals surface area contributed by atoms with E-state index in [9.17, 15) is 4.39 Å². The van der Waals surface area contributed by atoms with Gasteiger partial charge in [-0.2, -0.15) is 0 Å². The smallest absolute Gasteiger partial charge is 0.165 e. The monoisotopic (exact) mass is 453 g/mol. The number of aromatic amines is 1. The Balaban J connectivity index is 1.38. The van der Waals surface area contributed by atoms with E-state index in [4.69, 9.17) is 9.47 Å². The molecular formula is C29H26FN2O2. The number of H-pyrrole nitrogens is 1. The van der Waals surface area contributed by atoms with Crippen LogP contribution >= 0.6 is 0 Å². The van der Waals surface area contributed by atoms with Crippen molar-refractivity contribution in [3.8, 4) is 5.75 Å². The lowest BCUT2D eigenvalue weighted by molar-refractivity contribution is 0.119. The molecule has 0 amide bonds. The van der Waals surface area contributed by atoms with Gasteiger partial charge in [-0.25, -0.2) is 9.37 Å². The summed E-state index contributed by atoms with van der Waals surface area (Å²) >= 11 is 0. The lowest BCUT2D eigenvalue weighted by atomic mass is 10.0. The Kier molecular flexibility index (Phi) is 6.54. The van der Waals surface area contributed by atoms with Crippen LogP contribution in [0.2, 0.25) is 0 Å². The number of fused-ring (bicyclic) bond motifs is 3. The van der Waals surface area contributed by atoms with Crippen LogP contribution in [0.25, 0.3) is 21.8 Å². The number of hydrogen-bond donors (Lipinski definition) is 1. The highest BCUT2D eigenvalue weighted by Gasteiger charge is 2.15. The molecule has 34 heavy (non-hydrogen) atoms. The fourth-order valence-corrected chi connectivity index (χ4v) is 4.36. The highest BCUT2D eigenvalue weighted by atomic mass is 19.1. The van der Waals surface area contributed by atoms with Crippen molar-refractivity contribution in [1.82, 2.24) is 9.97 Å². The molecule has 0 saturated heterocycles. The third kappa shape index (κ3) is 4.66. The largest absolute Gasteiger partial charge is 0.494 e. The number of benzene rings is 3. The van der Waals surface area contributed by atoms with Crippen molar-refractivity contribution in [2.45, 2.75) is 25.9 Å². The van der Waals surface area contributed by atoms with Gasteiger partial charge >= 0.3 is 0 Å². The van der Waals surface area contributed by atoms with Gasteiger partial charge in [0.2, 0.25) is 0 Å². The van der Waals surface area contributed by atoms with Gasteiger partial charge in [-0.3, -0.25) is 0 Å². The minimum absolute atomic E-state index is 0.240. The molecule has 0 aliphatic rings. The normalized spacial score (nSPS) is 11.4. The van der Waals surface area contributed by atoms with E-state index in [1.165, 1.54) is 18.7 Å². The molecule has 0 aliphatic heterocycles. The maximum absolute atomic E-state index is 14.2. The van der Waals surface area contributed by atoms with E-state index in [1.54, 1.807) is 6.07 Å². The number of nitrogens with one attached hydrogen (secondary N) is 1. The van der Waals surface area contributed by atoms with Crippen LogP contribution in [0.15, 0.2) is 72.8 Å². The quantitative estimate of drug-likeness (QED) is 0.263. The zero-order valence-corrected chi connectivity index (χ0v) is 19.1. The van der Waals surface area contributed by atoms with Gasteiger partial charge in [0, 0.05) is 29.3 Å². The fourth-order valence-electron chi connectivity index (χ4n) is 4.36. The van der Waals surface area contributed by atoms with Gasteiger partial charge in [0.25, 0.3) is 0 Å². The van der Waals surface area contributed by atoms with Crippen LogP contribution in [0.3, 0.4) is 0 Å². The van der Waals surface area contributed by atoms with Crippen molar-refractivity contribution in [1.29, 1.82) is 0 Å². The molecule has 0 aliphatic carbocycles. The summed E-state index contributed by atoms with van der Waals surface area (Å²) in [6.07, 6.45) is 5.48. The highest BCUT2D eigenvalue weighted by Crippen LogP contribution is 2.31. The Morgan fingerprint density at radius 1 is 0.971 bits per heavy atom. The Morgan fingerprint density at radius 3 is 2.62 bits per heavy atom. The van der Waals surface area contributed by atoms with E-state index in [0.717, 1.165) is 51.5 Å². The van der Waals surface area contributed by atoms with Crippen LogP contribution in [0.5, 0.6) is 5.75 Å². The maximum Gasteiger partial charge on any atom is 0.165 e. The molecule has 4 nitrogen and oxygen atoms in total. The van der Waals surface area contributed by atoms with Crippen molar-refractivity contribution in [2.75, 3.05) is 13.7 Å². The van der Waals surface area contributed by atoms with Gasteiger partial charge < -0.3 is 14.5 Å². The maximum atomic E-state index is 14.2. The second-order valence-corrected chi connectivity index (χ2v) is 8.36. The van der Waals surface area contributed by atoms with Crippen LogP contribution in [0.1, 0.15) is 28.8 Å². The van der Waals surface area contributed by atoms with Gasteiger partial charge in [0.15, 0.2) is 11.6 Å². The molecule has 0 atom stereocenters. The van der Waals surface area contributed by atoms with Crippen LogP contribution < -0.4 is 4.74 Å². The summed E-state index contributed by atoms with van der Waals surface area (Å²) in [6.45, 7) is 1.28. The first kappa shape index (κ1) is 22.1. The van der Waals surface area contributed by atoms with Crippen LogP contribution in [0, 0.1) is 12.0 Å². The average Bonchev–Trinajstić information content (AvgIpc) is 3.26. The third-order valence-electron chi connectivity index (χ3n) is 6.04. The molecule has 1 N–H and O–H groups in total. The number of para-hydroxylation sites is 1. The van der Waals surface area contributed by atoms with Gasteiger partial charge in [-0.1, -0.05) is 54.6 Å². The van der Waals surface area contributed by atoms with E-state index in [0.29, 0.717) is 19.6 Å². The predicted octanol–water partition coefficient (Wildman–Crippen LogP) is 6.40. The first-order valence-corrected chi connectivity index (χ1v) is 11.5. The summed E-state index contributed by atoms with van der Waals surface area (Å²) in [6, 6.07) is 23.5. The number of nitrogens with zero attached hydrogens (tertiary/aromatic N) is 1. The summed E-state index contributed by atoms with van der Waals surface area (Å²) in [5.74, 6) is -0.132. The van der Waals surface area contributed by atoms with Crippen molar-refractivity contribution >= 4 is 21.8 Å². The predicted molar refractivity (Wildman–Crippen MR) is 133 cm³/mol. The first-order valence-electron chi connectivity index (χ1n) is 11.5. The summed E-state index contributed by atoms with van der Waals surface area (Å²) in [5.41, 5.74) is 5.97. The average molecular weight is 454 g/mol. The zero-order chi connectivity index (χ0) is 23.3. The van der Waals surface area contributed by atoms with E-state index in [2.05, 4.69) is 40.4 Å². The summed E-state index contributed by atoms with van der Waals surface area (Å²) in [4.78, 5) is 8.20. The second-order valence-electron chi connectivity index (χ2n) is 8.36. The number of aromatic nitrogens is 2. The molecule has 5 aromatic rings. The Bertz CT molecular complexity index is 1410. The van der Waals surface area contributed by atoms with Crippen LogP contribution in [-0.4, -0.2) is 23.7 Å². The molecule has 0 spiro atoms. The lowest BCUT2D eigenvalue weighted by Crippen LogP contribution is -2.01. The summed E-state index contributed by atoms with van der Waals surface area (Å²) in [5, 5.41) is 2.29. The van der Waals surface area contributed by atoms with E-state index in [-0.39, 0.29) is 11.6 Å². The highest BCUT2D eigenvalue weighted by molar-refractivity contribution is 6.09. The second kappa shape index (κ2) is 10.1. The molecular weight excluding hydrogens is 427 g/mol. The molecule has 5 heteroatoms. The molecule has 0 bridgehead atoms. The first-order chi connectivity index (χ1) is 16.7. The molecule has 5 rings (SSSR count). The van der Waals surface area contributed by atoms with Gasteiger partial charge in [-0.15, -0.1) is 0 Å². The number of hydrogen-bond acceptors (Lipinski definition) is 3. The molecule has 0 unspecified atom stereocenters. The number of halogens is 1. The number of ether oxygens (including phenoxy) is 2. The topological polar surface area (TPSA) is 47.1 Å².